The predicted molar refractivity (Wildman–Crippen MR) is 114 cm³/mol. The minimum atomic E-state index is -0.362. The van der Waals surface area contributed by atoms with Gasteiger partial charge in [0.1, 0.15) is 17.4 Å². The van der Waals surface area contributed by atoms with E-state index in [9.17, 15) is 9.18 Å². The summed E-state index contributed by atoms with van der Waals surface area (Å²) >= 11 is 6.18. The fourth-order valence-electron chi connectivity index (χ4n) is 3.11. The van der Waals surface area contributed by atoms with E-state index in [1.807, 2.05) is 6.07 Å². The van der Waals surface area contributed by atoms with E-state index in [0.717, 1.165) is 0 Å². The fraction of sp³-hybridized carbons (Fsp3) is 0.0435. The molecule has 1 heterocycles. The van der Waals surface area contributed by atoms with Crippen LogP contribution in [0.25, 0.3) is 28.7 Å². The van der Waals surface area contributed by atoms with Crippen LogP contribution in [-0.2, 0) is 0 Å². The van der Waals surface area contributed by atoms with Crippen LogP contribution in [-0.4, -0.2) is 16.7 Å². The summed E-state index contributed by atoms with van der Waals surface area (Å²) in [6.07, 6.45) is 3.19. The smallest absolute Gasteiger partial charge is 0.266 e. The van der Waals surface area contributed by atoms with Gasteiger partial charge in [0.25, 0.3) is 5.56 Å². The first-order chi connectivity index (χ1) is 14.1. The minimum absolute atomic E-state index is 0.274. The molecule has 0 spiro atoms. The first-order valence-corrected chi connectivity index (χ1v) is 9.24. The van der Waals surface area contributed by atoms with Gasteiger partial charge in [0, 0.05) is 10.6 Å². The summed E-state index contributed by atoms with van der Waals surface area (Å²) in [7, 11) is 1.51. The number of ether oxygens (including phenoxy) is 1. The topological polar surface area (TPSA) is 44.1 Å². The number of hydrogen-bond acceptors (Lipinski definition) is 3. The summed E-state index contributed by atoms with van der Waals surface area (Å²) < 4.78 is 20.9. The molecule has 29 heavy (non-hydrogen) atoms. The highest BCUT2D eigenvalue weighted by Gasteiger charge is 2.15. The summed E-state index contributed by atoms with van der Waals surface area (Å²) in [5.74, 6) is 0.436. The second-order valence-corrected chi connectivity index (χ2v) is 6.74. The molecule has 0 amide bonds. The molecule has 0 atom stereocenters. The van der Waals surface area contributed by atoms with Crippen LogP contribution < -0.4 is 10.3 Å². The van der Waals surface area contributed by atoms with Crippen LogP contribution in [0.15, 0.2) is 71.5 Å². The van der Waals surface area contributed by atoms with Gasteiger partial charge in [-0.3, -0.25) is 9.36 Å². The molecule has 1 aromatic heterocycles. The number of nitrogens with zero attached hydrogens (tertiary/aromatic N) is 2. The van der Waals surface area contributed by atoms with Crippen molar-refractivity contribution in [1.29, 1.82) is 0 Å². The van der Waals surface area contributed by atoms with Crippen molar-refractivity contribution in [2.75, 3.05) is 7.11 Å². The molecule has 144 valence electrons. The van der Waals surface area contributed by atoms with Gasteiger partial charge >= 0.3 is 0 Å². The number of hydrogen-bond donors (Lipinski definition) is 0. The maximum absolute atomic E-state index is 14.0. The van der Waals surface area contributed by atoms with Crippen molar-refractivity contribution in [2.24, 2.45) is 0 Å². The molecule has 0 unspecified atom stereocenters. The Morgan fingerprint density at radius 1 is 1.03 bits per heavy atom. The quantitative estimate of drug-likeness (QED) is 0.458. The number of fused-ring (bicyclic) bond motifs is 1. The standard InChI is InChI=1S/C23H16ClFN2O2/c1-29-21-12-11-16(24)14-20(21)27-22(13-10-15-6-2-4-8-18(15)25)26-19-9-5-3-7-17(19)23(27)28/h2-14H,1H3. The van der Waals surface area contributed by atoms with E-state index < -0.39 is 0 Å². The van der Waals surface area contributed by atoms with Crippen LogP contribution in [0.4, 0.5) is 4.39 Å². The summed E-state index contributed by atoms with van der Waals surface area (Å²) in [6.45, 7) is 0. The zero-order chi connectivity index (χ0) is 20.4. The zero-order valence-corrected chi connectivity index (χ0v) is 16.2. The lowest BCUT2D eigenvalue weighted by molar-refractivity contribution is 0.412. The average molecular weight is 407 g/mol. The zero-order valence-electron chi connectivity index (χ0n) is 15.5. The van der Waals surface area contributed by atoms with Gasteiger partial charge in [-0.05, 0) is 48.6 Å². The van der Waals surface area contributed by atoms with E-state index in [1.54, 1.807) is 66.7 Å². The van der Waals surface area contributed by atoms with E-state index in [0.29, 0.717) is 38.8 Å². The molecular formula is C23H16ClFN2O2. The third kappa shape index (κ3) is 3.65. The Balaban J connectivity index is 2.01. The van der Waals surface area contributed by atoms with Crippen molar-refractivity contribution in [3.8, 4) is 11.4 Å². The van der Waals surface area contributed by atoms with Gasteiger partial charge in [0.15, 0.2) is 0 Å². The van der Waals surface area contributed by atoms with E-state index in [2.05, 4.69) is 4.98 Å². The third-order valence-corrected chi connectivity index (χ3v) is 4.74. The molecule has 0 aliphatic heterocycles. The van der Waals surface area contributed by atoms with Gasteiger partial charge in [-0.1, -0.05) is 41.9 Å². The minimum Gasteiger partial charge on any atom is -0.495 e. The van der Waals surface area contributed by atoms with Crippen LogP contribution in [0.2, 0.25) is 5.02 Å². The number of benzene rings is 3. The Hall–Kier alpha value is -3.44. The Morgan fingerprint density at radius 2 is 1.79 bits per heavy atom. The van der Waals surface area contributed by atoms with E-state index in [1.165, 1.54) is 17.7 Å². The molecule has 0 radical (unpaired) electrons. The Morgan fingerprint density at radius 3 is 2.59 bits per heavy atom. The lowest BCUT2D eigenvalue weighted by Gasteiger charge is -2.15. The molecule has 3 aromatic carbocycles. The van der Waals surface area contributed by atoms with Crippen molar-refractivity contribution in [3.05, 3.63) is 99.3 Å². The molecule has 0 fully saturated rings. The second kappa shape index (κ2) is 7.89. The average Bonchev–Trinajstić information content (AvgIpc) is 2.73. The molecule has 4 nitrogen and oxygen atoms in total. The van der Waals surface area contributed by atoms with Crippen molar-refractivity contribution in [2.45, 2.75) is 0 Å². The molecule has 6 heteroatoms. The maximum atomic E-state index is 14.0. The second-order valence-electron chi connectivity index (χ2n) is 6.30. The van der Waals surface area contributed by atoms with Gasteiger partial charge in [-0.2, -0.15) is 0 Å². The first-order valence-electron chi connectivity index (χ1n) is 8.87. The van der Waals surface area contributed by atoms with Crippen LogP contribution >= 0.6 is 11.6 Å². The maximum Gasteiger partial charge on any atom is 0.266 e. The Kier molecular flexibility index (Phi) is 5.14. The summed E-state index contributed by atoms with van der Waals surface area (Å²) in [6, 6.07) is 18.4. The number of halogens is 2. The summed E-state index contributed by atoms with van der Waals surface area (Å²) in [5, 5.41) is 0.905. The largest absolute Gasteiger partial charge is 0.495 e. The fourth-order valence-corrected chi connectivity index (χ4v) is 3.27. The third-order valence-electron chi connectivity index (χ3n) is 4.50. The molecule has 0 saturated heterocycles. The highest BCUT2D eigenvalue weighted by molar-refractivity contribution is 6.30. The van der Waals surface area contributed by atoms with Crippen molar-refractivity contribution in [3.63, 3.8) is 0 Å². The lowest BCUT2D eigenvalue weighted by atomic mass is 10.2. The highest BCUT2D eigenvalue weighted by atomic mass is 35.5. The molecular weight excluding hydrogens is 391 g/mol. The van der Waals surface area contributed by atoms with Crippen LogP contribution in [0.3, 0.4) is 0 Å². The first kappa shape index (κ1) is 18.9. The number of aromatic nitrogens is 2. The number of para-hydroxylation sites is 1. The van der Waals surface area contributed by atoms with Gasteiger partial charge < -0.3 is 4.74 Å². The molecule has 0 saturated carbocycles. The van der Waals surface area contributed by atoms with Crippen LogP contribution in [0.1, 0.15) is 11.4 Å². The molecule has 0 aliphatic carbocycles. The molecule has 4 aromatic rings. The molecule has 4 rings (SSSR count). The SMILES string of the molecule is COc1ccc(Cl)cc1-n1c(C=Cc2ccccc2F)nc2ccccc2c1=O. The van der Waals surface area contributed by atoms with Gasteiger partial charge in [-0.15, -0.1) is 0 Å². The summed E-state index contributed by atoms with van der Waals surface area (Å²) in [4.78, 5) is 17.9. The van der Waals surface area contributed by atoms with Gasteiger partial charge in [0.05, 0.1) is 23.7 Å². The van der Waals surface area contributed by atoms with Crippen molar-refractivity contribution < 1.29 is 9.13 Å². The summed E-state index contributed by atoms with van der Waals surface area (Å²) in [5.41, 5.74) is 1.11. The van der Waals surface area contributed by atoms with Gasteiger partial charge in [-0.25, -0.2) is 9.37 Å². The highest BCUT2D eigenvalue weighted by Crippen LogP contribution is 2.27. The van der Waals surface area contributed by atoms with E-state index >= 15 is 0 Å². The van der Waals surface area contributed by atoms with E-state index in [4.69, 9.17) is 16.3 Å². The Bertz CT molecular complexity index is 1300. The predicted octanol–water partition coefficient (Wildman–Crippen LogP) is 5.36. The van der Waals surface area contributed by atoms with Crippen molar-refractivity contribution >= 4 is 34.7 Å². The van der Waals surface area contributed by atoms with Crippen LogP contribution in [0, 0.1) is 5.82 Å². The normalized spacial score (nSPS) is 11.3. The molecule has 0 bridgehead atoms. The van der Waals surface area contributed by atoms with E-state index in [-0.39, 0.29) is 11.4 Å². The molecule has 0 aliphatic rings. The molecule has 0 N–H and O–H groups in total. The number of rotatable bonds is 4. The van der Waals surface area contributed by atoms with Crippen LogP contribution in [0.5, 0.6) is 5.75 Å². The number of methoxy groups -OCH3 is 1. The van der Waals surface area contributed by atoms with Gasteiger partial charge in [0.2, 0.25) is 0 Å². The Labute approximate surface area is 171 Å². The lowest BCUT2D eigenvalue weighted by Crippen LogP contribution is -2.22. The monoisotopic (exact) mass is 406 g/mol. The van der Waals surface area contributed by atoms with Crippen molar-refractivity contribution in [1.82, 2.24) is 9.55 Å².